The van der Waals surface area contributed by atoms with Gasteiger partial charge in [-0.3, -0.25) is 19.2 Å². The van der Waals surface area contributed by atoms with Crippen molar-refractivity contribution < 1.29 is 38.1 Å². The molecule has 1 aliphatic rings. The fraction of sp³-hybridized carbons (Fsp3) is 0.407. The molecule has 0 aliphatic carbocycles. The summed E-state index contributed by atoms with van der Waals surface area (Å²) < 4.78 is 25.5. The second-order valence-corrected chi connectivity index (χ2v) is 18.9. The lowest BCUT2D eigenvalue weighted by molar-refractivity contribution is -0.138. The second-order valence-electron chi connectivity index (χ2n) is 18.9. The minimum absolute atomic E-state index is 0.0198. The maximum atomic E-state index is 15.4. The van der Waals surface area contributed by atoms with Gasteiger partial charge < -0.3 is 39.4 Å². The molecule has 0 unspecified atom stereocenters. The van der Waals surface area contributed by atoms with Gasteiger partial charge >= 0.3 is 0 Å². The van der Waals surface area contributed by atoms with Gasteiger partial charge in [-0.05, 0) is 60.1 Å². The zero-order valence-electron chi connectivity index (χ0n) is 42.4. The van der Waals surface area contributed by atoms with Crippen molar-refractivity contribution in [3.05, 3.63) is 143 Å². The summed E-state index contributed by atoms with van der Waals surface area (Å²) in [5.74, 6) is 0.530. The van der Waals surface area contributed by atoms with Gasteiger partial charge in [-0.15, -0.1) is 10.2 Å². The van der Waals surface area contributed by atoms with Crippen LogP contribution in [-0.2, 0) is 58.2 Å². The summed E-state index contributed by atoms with van der Waals surface area (Å²) in [6.07, 6.45) is 4.36. The first-order valence-corrected chi connectivity index (χ1v) is 24.2. The van der Waals surface area contributed by atoms with Crippen LogP contribution in [0.25, 0.3) is 0 Å². The first-order chi connectivity index (χ1) is 34.7. The molecule has 0 saturated heterocycles. The van der Waals surface area contributed by atoms with Gasteiger partial charge in [0.15, 0.2) is 0 Å². The number of hydrogen-bond donors (Lipinski definition) is 2. The minimum Gasteiger partial charge on any atom is -0.497 e. The molecule has 4 bridgehead atoms. The van der Waals surface area contributed by atoms with E-state index in [0.717, 1.165) is 11.1 Å². The molecule has 4 aromatic carbocycles. The largest absolute Gasteiger partial charge is 0.497 e. The highest BCUT2D eigenvalue weighted by Gasteiger charge is 2.35. The zero-order chi connectivity index (χ0) is 51.3. The lowest BCUT2D eigenvalue weighted by Crippen LogP contribution is -2.51. The van der Waals surface area contributed by atoms with Crippen LogP contribution < -0.4 is 29.6 Å². The average molecular weight is 983 g/mol. The van der Waals surface area contributed by atoms with Gasteiger partial charge in [-0.25, -0.2) is 9.36 Å². The molecular formula is C54H66N10O8. The summed E-state index contributed by atoms with van der Waals surface area (Å²) in [5, 5.41) is 24.4. The fourth-order valence-electron chi connectivity index (χ4n) is 8.91. The Kier molecular flexibility index (Phi) is 17.6. The summed E-state index contributed by atoms with van der Waals surface area (Å²) in [7, 11) is 6.22. The number of ether oxygens (including phenoxy) is 4. The molecule has 0 saturated carbocycles. The molecule has 1 aliphatic heterocycles. The van der Waals surface area contributed by atoms with Crippen LogP contribution in [0, 0.1) is 11.8 Å². The molecule has 6 aromatic rings. The van der Waals surface area contributed by atoms with E-state index in [1.165, 1.54) is 9.36 Å². The Morgan fingerprint density at radius 3 is 1.28 bits per heavy atom. The van der Waals surface area contributed by atoms with Gasteiger partial charge in [0.1, 0.15) is 58.6 Å². The minimum atomic E-state index is -1.06. The fourth-order valence-corrected chi connectivity index (χ4v) is 8.91. The topological polar surface area (TPSA) is 197 Å². The second kappa shape index (κ2) is 24.4. The van der Waals surface area contributed by atoms with E-state index in [1.807, 2.05) is 100 Å². The van der Waals surface area contributed by atoms with Crippen molar-refractivity contribution in [2.75, 3.05) is 28.4 Å². The first-order valence-electron chi connectivity index (χ1n) is 24.2. The Hall–Kier alpha value is -7.76. The van der Waals surface area contributed by atoms with E-state index in [2.05, 4.69) is 31.3 Å². The highest BCUT2D eigenvalue weighted by atomic mass is 16.5. The van der Waals surface area contributed by atoms with Crippen LogP contribution in [0.4, 0.5) is 0 Å². The van der Waals surface area contributed by atoms with Crippen molar-refractivity contribution in [1.29, 1.82) is 0 Å². The summed E-state index contributed by atoms with van der Waals surface area (Å²) in [5.41, 5.74) is 3.79. The van der Waals surface area contributed by atoms with Crippen LogP contribution in [0.5, 0.6) is 23.0 Å². The number of hydrogen-bond acceptors (Lipinski definition) is 12. The van der Waals surface area contributed by atoms with Gasteiger partial charge in [0.05, 0.1) is 53.9 Å². The average Bonchev–Trinajstić information content (AvgIpc) is 4.06. The van der Waals surface area contributed by atoms with Crippen LogP contribution in [0.3, 0.4) is 0 Å². The quantitative estimate of drug-likeness (QED) is 0.110. The predicted molar refractivity (Wildman–Crippen MR) is 269 cm³/mol. The van der Waals surface area contributed by atoms with Gasteiger partial charge in [0.2, 0.25) is 23.6 Å². The SMILES string of the molecule is COc1ccc(CN2Cc3cn(nn3)[C@H](CC(C)C)C(=O)N[C@@H](Cc3ccccc3)C(=O)N(Cc3ccc(OC)cc3OC)Cc3cn(nn3)[C@H](CC(C)C)C(=O)N[C@@H](Cc3ccccc3)C2=O)c(OC)c1. The van der Waals surface area contributed by atoms with Crippen LogP contribution in [0.1, 0.15) is 86.3 Å². The summed E-state index contributed by atoms with van der Waals surface area (Å²) in [4.78, 5) is 63.7. The molecule has 2 N–H and O–H groups in total. The third-order valence-corrected chi connectivity index (χ3v) is 12.6. The lowest BCUT2D eigenvalue weighted by Gasteiger charge is -2.30. The monoisotopic (exact) mass is 983 g/mol. The van der Waals surface area contributed by atoms with E-state index in [4.69, 9.17) is 18.9 Å². The van der Waals surface area contributed by atoms with E-state index < -0.39 is 36.0 Å². The Bertz CT molecular complexity index is 2580. The number of benzene rings is 4. The van der Waals surface area contributed by atoms with Crippen LogP contribution in [0.2, 0.25) is 0 Å². The smallest absolute Gasteiger partial charge is 0.246 e. The molecule has 72 heavy (non-hydrogen) atoms. The molecule has 0 spiro atoms. The number of methoxy groups -OCH3 is 4. The van der Waals surface area contributed by atoms with E-state index in [1.54, 1.807) is 74.9 Å². The molecule has 380 valence electrons. The van der Waals surface area contributed by atoms with Gasteiger partial charge in [0, 0.05) is 49.2 Å². The molecule has 3 heterocycles. The molecule has 18 heteroatoms. The number of aromatic nitrogens is 6. The highest BCUT2D eigenvalue weighted by molar-refractivity contribution is 5.90. The summed E-state index contributed by atoms with van der Waals surface area (Å²) in [6.45, 7) is 8.02. The maximum absolute atomic E-state index is 15.4. The third kappa shape index (κ3) is 13.3. The Morgan fingerprint density at radius 1 is 0.542 bits per heavy atom. The number of amides is 4. The number of nitrogens with one attached hydrogen (secondary N) is 2. The normalized spacial score (nSPS) is 18.2. The highest BCUT2D eigenvalue weighted by Crippen LogP contribution is 2.30. The molecule has 0 fully saturated rings. The van der Waals surface area contributed by atoms with Gasteiger partial charge in [0.25, 0.3) is 0 Å². The Morgan fingerprint density at radius 2 is 0.931 bits per heavy atom. The van der Waals surface area contributed by atoms with Crippen molar-refractivity contribution in [2.45, 2.75) is 104 Å². The maximum Gasteiger partial charge on any atom is 0.246 e. The number of rotatable bonds is 16. The molecule has 0 radical (unpaired) electrons. The molecule has 4 amide bonds. The van der Waals surface area contributed by atoms with E-state index in [-0.39, 0.29) is 62.7 Å². The Labute approximate surface area is 421 Å². The molecule has 18 nitrogen and oxygen atoms in total. The van der Waals surface area contributed by atoms with Crippen molar-refractivity contribution in [1.82, 2.24) is 50.4 Å². The van der Waals surface area contributed by atoms with E-state index in [0.29, 0.717) is 58.4 Å². The van der Waals surface area contributed by atoms with Gasteiger partial charge in [-0.2, -0.15) is 0 Å². The number of carbonyl (C=O) groups is 4. The molecule has 4 atom stereocenters. The van der Waals surface area contributed by atoms with Gasteiger partial charge in [-0.1, -0.05) is 98.8 Å². The van der Waals surface area contributed by atoms with Crippen molar-refractivity contribution >= 4 is 23.6 Å². The van der Waals surface area contributed by atoms with Crippen molar-refractivity contribution in [3.8, 4) is 23.0 Å². The van der Waals surface area contributed by atoms with Crippen molar-refractivity contribution in [3.63, 3.8) is 0 Å². The van der Waals surface area contributed by atoms with E-state index in [9.17, 15) is 9.59 Å². The Balaban J connectivity index is 1.37. The number of nitrogens with zero attached hydrogens (tertiary/aromatic N) is 8. The number of fused-ring (bicyclic) bond motifs is 4. The van der Waals surface area contributed by atoms with Crippen molar-refractivity contribution in [2.24, 2.45) is 11.8 Å². The first kappa shape index (κ1) is 52.1. The molecule has 2 aromatic heterocycles. The lowest BCUT2D eigenvalue weighted by atomic mass is 10.0. The third-order valence-electron chi connectivity index (χ3n) is 12.6. The van der Waals surface area contributed by atoms with E-state index >= 15 is 9.59 Å². The zero-order valence-corrected chi connectivity index (χ0v) is 42.4. The standard InChI is InChI=1S/C54H66N10O8/c1-35(2)23-47-51(65)55-45(25-37-15-11-9-12-16-37)53(67)62(30-40-20-22-44(70-6)28-50(40)72-8)32-42-34-64(60-58-42)48(24-36(3)4)52(66)56-46(26-38-17-13-10-14-18-38)54(68)61(31-41-33-63(47)59-57-41)29-39-19-21-43(69-5)27-49(39)71-7/h9-22,27-28,33-36,45-48H,23-26,29-32H2,1-8H3,(H,55,65)(H,56,66)/t45-,46-,47+,48+/m0/s1. The molecule has 7 rings (SSSR count). The summed E-state index contributed by atoms with van der Waals surface area (Å²) >= 11 is 0. The van der Waals surface area contributed by atoms with Crippen LogP contribution >= 0.6 is 0 Å². The predicted octanol–water partition coefficient (Wildman–Crippen LogP) is 6.30. The summed E-state index contributed by atoms with van der Waals surface area (Å²) in [6, 6.07) is 25.8. The molecular weight excluding hydrogens is 917 g/mol. The van der Waals surface area contributed by atoms with Crippen LogP contribution in [0.15, 0.2) is 109 Å². The number of carbonyl (C=O) groups excluding carboxylic acids is 4. The van der Waals surface area contributed by atoms with Crippen LogP contribution in [-0.4, -0.2) is 104 Å².